The van der Waals surface area contributed by atoms with Crippen molar-refractivity contribution in [1.29, 1.82) is 0 Å². The molecule has 2 saturated carbocycles. The van der Waals surface area contributed by atoms with Gasteiger partial charge in [0.1, 0.15) is 0 Å². The fourth-order valence-corrected chi connectivity index (χ4v) is 4.38. The number of likely N-dealkylation sites (N-methyl/N-ethyl adjacent to an activating group) is 1. The second kappa shape index (κ2) is 11.0. The molecular formula is C23H38N2O2. The van der Waals surface area contributed by atoms with E-state index >= 15 is 0 Å². The summed E-state index contributed by atoms with van der Waals surface area (Å²) in [5, 5.41) is 24.3. The first kappa shape index (κ1) is 22.2. The van der Waals surface area contributed by atoms with E-state index in [1.54, 1.807) is 0 Å². The maximum Gasteiger partial charge on any atom is 0.0755 e. The van der Waals surface area contributed by atoms with Crippen molar-refractivity contribution in [3.8, 4) is 11.8 Å². The number of hydrogen-bond acceptors (Lipinski definition) is 4. The zero-order valence-corrected chi connectivity index (χ0v) is 17.5. The van der Waals surface area contributed by atoms with Crippen molar-refractivity contribution in [2.75, 3.05) is 33.7 Å². The van der Waals surface area contributed by atoms with Crippen LogP contribution >= 0.6 is 0 Å². The van der Waals surface area contributed by atoms with Gasteiger partial charge in [0.2, 0.25) is 0 Å². The van der Waals surface area contributed by atoms with Gasteiger partial charge in [0, 0.05) is 32.0 Å². The van der Waals surface area contributed by atoms with E-state index < -0.39 is 6.10 Å². The molecule has 2 aliphatic carbocycles. The molecule has 0 saturated heterocycles. The number of rotatable bonds is 9. The summed E-state index contributed by atoms with van der Waals surface area (Å²) in [5.41, 5.74) is 1.53. The monoisotopic (exact) mass is 374 g/mol. The molecule has 0 aromatic carbocycles. The van der Waals surface area contributed by atoms with Gasteiger partial charge in [0.15, 0.2) is 0 Å². The minimum atomic E-state index is -0.491. The van der Waals surface area contributed by atoms with Gasteiger partial charge in [-0.05, 0) is 58.0 Å². The Bertz CT molecular complexity index is 573. The Morgan fingerprint density at radius 1 is 1.33 bits per heavy atom. The first-order valence-electron chi connectivity index (χ1n) is 10.4. The van der Waals surface area contributed by atoms with Crippen LogP contribution in [-0.2, 0) is 0 Å². The smallest absolute Gasteiger partial charge is 0.0755 e. The summed E-state index contributed by atoms with van der Waals surface area (Å²) in [4.78, 5) is 2.18. The quantitative estimate of drug-likeness (QED) is 0.330. The Morgan fingerprint density at radius 3 is 2.81 bits per heavy atom. The molecule has 0 bridgehead atoms. The van der Waals surface area contributed by atoms with E-state index in [9.17, 15) is 10.2 Å². The molecule has 27 heavy (non-hydrogen) atoms. The normalized spacial score (nSPS) is 31.3. The first-order valence-corrected chi connectivity index (χ1v) is 10.4. The lowest BCUT2D eigenvalue weighted by Crippen LogP contribution is -2.26. The van der Waals surface area contributed by atoms with E-state index in [2.05, 4.69) is 48.3 Å². The minimum Gasteiger partial charge on any atom is -0.392 e. The molecule has 0 heterocycles. The molecule has 0 aromatic heterocycles. The molecule has 2 fully saturated rings. The van der Waals surface area contributed by atoms with Gasteiger partial charge in [-0.15, -0.1) is 11.8 Å². The van der Waals surface area contributed by atoms with Crippen molar-refractivity contribution in [2.24, 2.45) is 23.7 Å². The average molecular weight is 375 g/mol. The number of nitrogens with one attached hydrogen (secondary N) is 1. The van der Waals surface area contributed by atoms with E-state index in [0.29, 0.717) is 18.3 Å². The van der Waals surface area contributed by atoms with Crippen LogP contribution in [0.5, 0.6) is 0 Å². The van der Waals surface area contributed by atoms with Crippen molar-refractivity contribution in [2.45, 2.75) is 51.7 Å². The molecule has 0 radical (unpaired) electrons. The third kappa shape index (κ3) is 6.76. The number of hydrogen-bond donors (Lipinski definition) is 3. The Morgan fingerprint density at radius 2 is 2.11 bits per heavy atom. The number of nitrogens with zero attached hydrogens (tertiary/aromatic N) is 1. The standard InChI is InChI=1S/C23H38N2O2/c1-5-6-7-17(2)22(26)9-8-20-21-15-18(14-19(21)16-23(20)27)10-11-24-12-13-25(3)4/h8-10,17,19-24,26-27H,7,11-16H2,1-4H3/b9-8+,18-10+/t17-,19-,20+,21-,22+,23+/m0/s1. The van der Waals surface area contributed by atoms with Crippen LogP contribution in [-0.4, -0.2) is 61.1 Å². The van der Waals surface area contributed by atoms with Crippen molar-refractivity contribution in [3.05, 3.63) is 23.8 Å². The lowest BCUT2D eigenvalue weighted by Gasteiger charge is -2.19. The second-order valence-corrected chi connectivity index (χ2v) is 8.57. The zero-order valence-electron chi connectivity index (χ0n) is 17.5. The fraction of sp³-hybridized carbons (Fsp3) is 0.739. The predicted octanol–water partition coefficient (Wildman–Crippen LogP) is 2.44. The molecule has 0 amide bonds. The zero-order chi connectivity index (χ0) is 19.8. The summed E-state index contributed by atoms with van der Waals surface area (Å²) in [6, 6.07) is 0. The van der Waals surface area contributed by atoms with Crippen LogP contribution in [0, 0.1) is 35.5 Å². The van der Waals surface area contributed by atoms with Gasteiger partial charge in [-0.2, -0.15) is 0 Å². The van der Waals surface area contributed by atoms with Crippen LogP contribution in [0.3, 0.4) is 0 Å². The van der Waals surface area contributed by atoms with Crippen LogP contribution in [0.4, 0.5) is 0 Å². The molecule has 4 heteroatoms. The summed E-state index contributed by atoms with van der Waals surface area (Å²) < 4.78 is 0. The van der Waals surface area contributed by atoms with Gasteiger partial charge in [-0.3, -0.25) is 0 Å². The van der Waals surface area contributed by atoms with Gasteiger partial charge in [-0.1, -0.05) is 30.7 Å². The van der Waals surface area contributed by atoms with Gasteiger partial charge >= 0.3 is 0 Å². The molecule has 3 N–H and O–H groups in total. The van der Waals surface area contributed by atoms with Crippen LogP contribution in [0.1, 0.15) is 39.5 Å². The van der Waals surface area contributed by atoms with E-state index in [1.807, 2.05) is 19.9 Å². The van der Waals surface area contributed by atoms with Crippen LogP contribution in [0.2, 0.25) is 0 Å². The number of allylic oxidation sites excluding steroid dienone is 1. The van der Waals surface area contributed by atoms with E-state index in [1.165, 1.54) is 5.57 Å². The fourth-order valence-electron chi connectivity index (χ4n) is 4.38. The molecule has 152 valence electrons. The highest BCUT2D eigenvalue weighted by molar-refractivity contribution is 5.18. The molecule has 2 aliphatic rings. The maximum atomic E-state index is 10.5. The average Bonchev–Trinajstić information content (AvgIpc) is 3.13. The van der Waals surface area contributed by atoms with Gasteiger partial charge in [0.25, 0.3) is 0 Å². The van der Waals surface area contributed by atoms with E-state index in [4.69, 9.17) is 0 Å². The molecule has 2 rings (SSSR count). The third-order valence-corrected chi connectivity index (χ3v) is 6.10. The molecule has 0 aliphatic heterocycles. The summed E-state index contributed by atoms with van der Waals surface area (Å²) in [7, 11) is 4.18. The topological polar surface area (TPSA) is 55.7 Å². The number of aliphatic hydroxyl groups is 2. The largest absolute Gasteiger partial charge is 0.392 e. The molecule has 6 atom stereocenters. The molecule has 4 nitrogen and oxygen atoms in total. The van der Waals surface area contributed by atoms with Crippen molar-refractivity contribution >= 4 is 0 Å². The molecule has 0 spiro atoms. The van der Waals surface area contributed by atoms with Crippen molar-refractivity contribution in [1.82, 2.24) is 10.2 Å². The maximum absolute atomic E-state index is 10.5. The van der Waals surface area contributed by atoms with Gasteiger partial charge in [0.05, 0.1) is 12.2 Å². The Balaban J connectivity index is 1.85. The van der Waals surface area contributed by atoms with Crippen molar-refractivity contribution < 1.29 is 10.2 Å². The van der Waals surface area contributed by atoms with E-state index in [-0.39, 0.29) is 17.9 Å². The van der Waals surface area contributed by atoms with E-state index in [0.717, 1.165) is 38.9 Å². The lowest BCUT2D eigenvalue weighted by molar-refractivity contribution is 0.137. The SMILES string of the molecule is CC#CC[C@H](C)[C@H](O)/C=C/[C@@H]1[C@H]2C/C(=C/CNCCN(C)C)C[C@H]2C[C@H]1O. The number of fused-ring (bicyclic) bond motifs is 1. The Labute approximate surface area is 165 Å². The minimum absolute atomic E-state index is 0.121. The highest BCUT2D eigenvalue weighted by Crippen LogP contribution is 2.50. The molecule has 0 aromatic rings. The molecular weight excluding hydrogens is 336 g/mol. The van der Waals surface area contributed by atoms with Crippen LogP contribution in [0.25, 0.3) is 0 Å². The highest BCUT2D eigenvalue weighted by atomic mass is 16.3. The third-order valence-electron chi connectivity index (χ3n) is 6.10. The van der Waals surface area contributed by atoms with Crippen LogP contribution in [0.15, 0.2) is 23.8 Å². The summed E-state index contributed by atoms with van der Waals surface area (Å²) in [5.74, 6) is 7.31. The first-order chi connectivity index (χ1) is 12.9. The summed E-state index contributed by atoms with van der Waals surface area (Å²) in [6.45, 7) is 6.84. The van der Waals surface area contributed by atoms with Gasteiger partial charge in [-0.25, -0.2) is 0 Å². The Hall–Kier alpha value is -1.12. The summed E-state index contributed by atoms with van der Waals surface area (Å²) >= 11 is 0. The predicted molar refractivity (Wildman–Crippen MR) is 112 cm³/mol. The lowest BCUT2D eigenvalue weighted by atomic mass is 9.89. The molecule has 0 unspecified atom stereocenters. The second-order valence-electron chi connectivity index (χ2n) is 8.57. The Kier molecular flexibility index (Phi) is 9.05. The van der Waals surface area contributed by atoms with Crippen molar-refractivity contribution in [3.63, 3.8) is 0 Å². The summed E-state index contributed by atoms with van der Waals surface area (Å²) in [6.07, 6.45) is 9.35. The highest BCUT2D eigenvalue weighted by Gasteiger charge is 2.44. The van der Waals surface area contributed by atoms with Crippen LogP contribution < -0.4 is 5.32 Å². The van der Waals surface area contributed by atoms with Gasteiger partial charge < -0.3 is 20.4 Å². The number of aliphatic hydroxyl groups excluding tert-OH is 2.